The fourth-order valence-corrected chi connectivity index (χ4v) is 2.97. The number of anilines is 2. The number of nitriles is 2. The van der Waals surface area contributed by atoms with Crippen molar-refractivity contribution in [1.29, 1.82) is 10.5 Å². The molecule has 3 aromatic rings. The molecule has 1 aromatic heterocycles. The number of nitrogens with two attached hydrogens (primary N) is 1. The van der Waals surface area contributed by atoms with Crippen molar-refractivity contribution in [2.24, 2.45) is 0 Å². The summed E-state index contributed by atoms with van der Waals surface area (Å²) in [5.74, 6) is -0.141. The third kappa shape index (κ3) is 4.06. The highest BCUT2D eigenvalue weighted by Gasteiger charge is 2.16. The molecule has 6 nitrogen and oxygen atoms in total. The molecule has 0 saturated carbocycles. The molecule has 0 amide bonds. The summed E-state index contributed by atoms with van der Waals surface area (Å²) in [5.41, 5.74) is 8.68. The third-order valence-electron chi connectivity index (χ3n) is 4.18. The average Bonchev–Trinajstić information content (AvgIpc) is 3.01. The molecule has 3 N–H and O–H groups in total. The van der Waals surface area contributed by atoms with Crippen LogP contribution in [0.4, 0.5) is 15.9 Å². The maximum Gasteiger partial charge on any atom is 0.145 e. The Morgan fingerprint density at radius 1 is 1.14 bits per heavy atom. The Hall–Kier alpha value is -3.55. The normalized spacial score (nSPS) is 10.3. The predicted molar refractivity (Wildman–Crippen MR) is 106 cm³/mol. The summed E-state index contributed by atoms with van der Waals surface area (Å²) in [5, 5.41) is 26.7. The molecule has 140 valence electrons. The molecule has 0 spiro atoms. The van der Waals surface area contributed by atoms with Crippen LogP contribution in [0.15, 0.2) is 42.5 Å². The van der Waals surface area contributed by atoms with E-state index in [-0.39, 0.29) is 11.6 Å². The van der Waals surface area contributed by atoms with Gasteiger partial charge in [-0.05, 0) is 55.3 Å². The van der Waals surface area contributed by atoms with Crippen LogP contribution in [0.3, 0.4) is 0 Å². The zero-order valence-electron chi connectivity index (χ0n) is 14.8. The van der Waals surface area contributed by atoms with Gasteiger partial charge in [-0.2, -0.15) is 15.6 Å². The number of rotatable bonds is 6. The van der Waals surface area contributed by atoms with Gasteiger partial charge in [0, 0.05) is 11.6 Å². The SMILES string of the molecule is N#Cc1ccc(Cl)cc1NCCCc1nn(-c2ccc(F)cc2)c(N)c1C#N. The topological polar surface area (TPSA) is 103 Å². The first kappa shape index (κ1) is 19.2. The molecule has 0 atom stereocenters. The van der Waals surface area contributed by atoms with Crippen LogP contribution in [0.5, 0.6) is 0 Å². The summed E-state index contributed by atoms with van der Waals surface area (Å²) in [7, 11) is 0. The van der Waals surface area contributed by atoms with Crippen molar-refractivity contribution in [2.45, 2.75) is 12.8 Å². The van der Waals surface area contributed by atoms with Crippen molar-refractivity contribution in [3.05, 3.63) is 70.1 Å². The Morgan fingerprint density at radius 3 is 2.57 bits per heavy atom. The van der Waals surface area contributed by atoms with Crippen molar-refractivity contribution >= 4 is 23.1 Å². The number of aryl methyl sites for hydroxylation is 1. The van der Waals surface area contributed by atoms with Crippen LogP contribution in [0.2, 0.25) is 5.02 Å². The van der Waals surface area contributed by atoms with Crippen LogP contribution in [0, 0.1) is 28.5 Å². The highest BCUT2D eigenvalue weighted by atomic mass is 35.5. The lowest BCUT2D eigenvalue weighted by atomic mass is 10.1. The van der Waals surface area contributed by atoms with Crippen molar-refractivity contribution < 1.29 is 4.39 Å². The summed E-state index contributed by atoms with van der Waals surface area (Å²) in [4.78, 5) is 0. The molecule has 0 aliphatic rings. The van der Waals surface area contributed by atoms with Crippen molar-refractivity contribution in [1.82, 2.24) is 9.78 Å². The van der Waals surface area contributed by atoms with Crippen LogP contribution < -0.4 is 11.1 Å². The maximum atomic E-state index is 13.1. The lowest BCUT2D eigenvalue weighted by molar-refractivity contribution is 0.627. The Balaban J connectivity index is 1.71. The molecule has 0 aliphatic heterocycles. The van der Waals surface area contributed by atoms with Crippen LogP contribution in [0.25, 0.3) is 5.69 Å². The van der Waals surface area contributed by atoms with E-state index >= 15 is 0 Å². The van der Waals surface area contributed by atoms with E-state index in [1.807, 2.05) is 0 Å². The standard InChI is InChI=1S/C20H16ClFN6/c21-14-4-3-13(11-23)19(10-14)26-9-1-2-18-17(12-24)20(25)28(27-18)16-7-5-15(22)6-8-16/h3-8,10,26H,1-2,9,25H2. The molecule has 0 fully saturated rings. The second-order valence-corrected chi connectivity index (χ2v) is 6.48. The minimum Gasteiger partial charge on any atom is -0.384 e. The lowest BCUT2D eigenvalue weighted by Gasteiger charge is -2.08. The number of hydrogen-bond donors (Lipinski definition) is 2. The Bertz CT molecular complexity index is 1080. The van der Waals surface area contributed by atoms with Gasteiger partial charge in [0.25, 0.3) is 0 Å². The lowest BCUT2D eigenvalue weighted by Crippen LogP contribution is -2.05. The first-order valence-electron chi connectivity index (χ1n) is 8.50. The number of nitrogens with one attached hydrogen (secondary N) is 1. The van der Waals surface area contributed by atoms with E-state index in [9.17, 15) is 9.65 Å². The molecule has 1 heterocycles. The van der Waals surface area contributed by atoms with E-state index in [0.717, 1.165) is 0 Å². The molecule has 28 heavy (non-hydrogen) atoms. The van der Waals surface area contributed by atoms with E-state index in [4.69, 9.17) is 22.6 Å². The molecule has 0 saturated heterocycles. The van der Waals surface area contributed by atoms with Crippen LogP contribution in [-0.4, -0.2) is 16.3 Å². The first-order valence-corrected chi connectivity index (χ1v) is 8.88. The highest BCUT2D eigenvalue weighted by molar-refractivity contribution is 6.30. The predicted octanol–water partition coefficient (Wildman–Crippen LogP) is 4.04. The zero-order valence-corrected chi connectivity index (χ0v) is 15.5. The Labute approximate surface area is 166 Å². The zero-order chi connectivity index (χ0) is 20.1. The summed E-state index contributed by atoms with van der Waals surface area (Å²) >= 11 is 5.97. The van der Waals surface area contributed by atoms with Crippen molar-refractivity contribution in [3.8, 4) is 17.8 Å². The molecule has 0 aliphatic carbocycles. The van der Waals surface area contributed by atoms with Crippen molar-refractivity contribution in [3.63, 3.8) is 0 Å². The fraction of sp³-hybridized carbons (Fsp3) is 0.150. The smallest absolute Gasteiger partial charge is 0.145 e. The molecule has 0 radical (unpaired) electrons. The number of nitrogen functional groups attached to an aromatic ring is 1. The molecule has 0 bridgehead atoms. The van der Waals surface area contributed by atoms with Crippen LogP contribution in [-0.2, 0) is 6.42 Å². The Kier molecular flexibility index (Phi) is 5.78. The first-order chi connectivity index (χ1) is 13.5. The van der Waals surface area contributed by atoms with E-state index < -0.39 is 0 Å². The van der Waals surface area contributed by atoms with Gasteiger partial charge in [-0.1, -0.05) is 11.6 Å². The number of aromatic nitrogens is 2. The number of halogens is 2. The van der Waals surface area contributed by atoms with E-state index in [1.54, 1.807) is 30.3 Å². The van der Waals surface area contributed by atoms with Gasteiger partial charge in [0.05, 0.1) is 22.6 Å². The minimum absolute atomic E-state index is 0.221. The minimum atomic E-state index is -0.362. The third-order valence-corrected chi connectivity index (χ3v) is 4.42. The summed E-state index contributed by atoms with van der Waals surface area (Å²) in [6.45, 7) is 0.559. The quantitative estimate of drug-likeness (QED) is 0.614. The highest BCUT2D eigenvalue weighted by Crippen LogP contribution is 2.23. The molecular formula is C20H16ClFN6. The maximum absolute atomic E-state index is 13.1. The molecule has 0 unspecified atom stereocenters. The number of benzene rings is 2. The van der Waals surface area contributed by atoms with Gasteiger partial charge in [0.1, 0.15) is 29.3 Å². The Morgan fingerprint density at radius 2 is 1.89 bits per heavy atom. The van der Waals surface area contributed by atoms with Crippen molar-refractivity contribution in [2.75, 3.05) is 17.6 Å². The molecular weight excluding hydrogens is 379 g/mol. The average molecular weight is 395 g/mol. The van der Waals surface area contributed by atoms with E-state index in [0.29, 0.717) is 52.6 Å². The van der Waals surface area contributed by atoms with Gasteiger partial charge >= 0.3 is 0 Å². The van der Waals surface area contributed by atoms with E-state index in [2.05, 4.69) is 22.6 Å². The molecule has 8 heteroatoms. The summed E-state index contributed by atoms with van der Waals surface area (Å²) in [6.07, 6.45) is 1.17. The second-order valence-electron chi connectivity index (χ2n) is 6.04. The molecule has 2 aromatic carbocycles. The van der Waals surface area contributed by atoms with Gasteiger partial charge in [-0.3, -0.25) is 0 Å². The van der Waals surface area contributed by atoms with Gasteiger partial charge < -0.3 is 11.1 Å². The largest absolute Gasteiger partial charge is 0.384 e. The summed E-state index contributed by atoms with van der Waals surface area (Å²) in [6, 6.07) is 14.9. The van der Waals surface area contributed by atoms with Gasteiger partial charge in [-0.15, -0.1) is 0 Å². The van der Waals surface area contributed by atoms with Gasteiger partial charge in [0.2, 0.25) is 0 Å². The number of hydrogen-bond acceptors (Lipinski definition) is 5. The van der Waals surface area contributed by atoms with Crippen LogP contribution >= 0.6 is 11.6 Å². The van der Waals surface area contributed by atoms with Crippen LogP contribution in [0.1, 0.15) is 23.2 Å². The van der Waals surface area contributed by atoms with Gasteiger partial charge in [0.15, 0.2) is 0 Å². The summed E-state index contributed by atoms with van der Waals surface area (Å²) < 4.78 is 14.6. The van der Waals surface area contributed by atoms with E-state index in [1.165, 1.54) is 16.8 Å². The molecule has 3 rings (SSSR count). The second kappa shape index (κ2) is 8.43. The van der Waals surface area contributed by atoms with Gasteiger partial charge in [-0.25, -0.2) is 9.07 Å². The monoisotopic (exact) mass is 394 g/mol. The fourth-order valence-electron chi connectivity index (χ4n) is 2.79. The number of nitrogens with zero attached hydrogens (tertiary/aromatic N) is 4.